The van der Waals surface area contributed by atoms with Gasteiger partial charge in [-0.25, -0.2) is 0 Å². The van der Waals surface area contributed by atoms with Crippen LogP contribution in [0.4, 0.5) is 0 Å². The van der Waals surface area contributed by atoms with Gasteiger partial charge in [0.15, 0.2) is 0 Å². The Bertz CT molecular complexity index is 695. The molecule has 2 aromatic carbocycles. The van der Waals surface area contributed by atoms with E-state index >= 15 is 0 Å². The Balaban J connectivity index is 2.09. The summed E-state index contributed by atoms with van der Waals surface area (Å²) < 4.78 is 5.30. The largest absolute Gasteiger partial charge is 0.497 e. The third kappa shape index (κ3) is 2.08. The lowest BCUT2D eigenvalue weighted by molar-refractivity contribution is 0.414. The van der Waals surface area contributed by atoms with Crippen LogP contribution in [0.25, 0.3) is 5.57 Å². The summed E-state index contributed by atoms with van der Waals surface area (Å²) in [5, 5.41) is 9.09. The zero-order chi connectivity index (χ0) is 13.9. The molecule has 2 nitrogen and oxygen atoms in total. The molecular weight excluding hydrogens is 246 g/mol. The maximum Gasteiger partial charge on any atom is 0.119 e. The van der Waals surface area contributed by atoms with Crippen molar-refractivity contribution < 1.29 is 4.74 Å². The maximum absolute atomic E-state index is 9.09. The number of hydrogen-bond acceptors (Lipinski definition) is 2. The summed E-state index contributed by atoms with van der Waals surface area (Å²) in [6.07, 6.45) is 2.61. The van der Waals surface area contributed by atoms with E-state index in [0.29, 0.717) is 0 Å². The van der Waals surface area contributed by atoms with Gasteiger partial charge in [-0.15, -0.1) is 0 Å². The van der Waals surface area contributed by atoms with Gasteiger partial charge in [0.25, 0.3) is 0 Å². The minimum Gasteiger partial charge on any atom is -0.497 e. The molecule has 1 atom stereocenters. The van der Waals surface area contributed by atoms with Gasteiger partial charge < -0.3 is 4.74 Å². The Kier molecular flexibility index (Phi) is 3.26. The van der Waals surface area contributed by atoms with E-state index in [1.807, 2.05) is 30.3 Å². The normalized spacial score (nSPS) is 18.6. The van der Waals surface area contributed by atoms with Crippen LogP contribution in [0.3, 0.4) is 0 Å². The molecule has 20 heavy (non-hydrogen) atoms. The number of nitrogens with zero attached hydrogens (tertiary/aromatic N) is 1. The summed E-state index contributed by atoms with van der Waals surface area (Å²) >= 11 is 0. The van der Waals surface area contributed by atoms with Crippen molar-refractivity contribution in [1.29, 1.82) is 5.26 Å². The van der Waals surface area contributed by atoms with Crippen molar-refractivity contribution in [2.75, 3.05) is 7.11 Å². The topological polar surface area (TPSA) is 33.0 Å². The third-order valence-electron chi connectivity index (χ3n) is 3.85. The third-order valence-corrected chi connectivity index (χ3v) is 3.85. The lowest BCUT2D eigenvalue weighted by Gasteiger charge is -2.12. The monoisotopic (exact) mass is 261 g/mol. The van der Waals surface area contributed by atoms with Crippen LogP contribution in [0.5, 0.6) is 5.75 Å². The number of allylic oxidation sites excluding steroid dienone is 2. The summed E-state index contributed by atoms with van der Waals surface area (Å²) in [6, 6.07) is 18.6. The SMILES string of the molecule is COc1ccc2c(c1)/C(=C/C#N)C(c1ccccc1)C2. The highest BCUT2D eigenvalue weighted by atomic mass is 16.5. The van der Waals surface area contributed by atoms with E-state index in [-0.39, 0.29) is 5.92 Å². The molecule has 2 heteroatoms. The maximum atomic E-state index is 9.09. The van der Waals surface area contributed by atoms with Gasteiger partial charge in [0.2, 0.25) is 0 Å². The first-order valence-electron chi connectivity index (χ1n) is 6.65. The fraction of sp³-hybridized carbons (Fsp3) is 0.167. The van der Waals surface area contributed by atoms with Crippen molar-refractivity contribution in [2.24, 2.45) is 0 Å². The van der Waals surface area contributed by atoms with E-state index in [9.17, 15) is 0 Å². The summed E-state index contributed by atoms with van der Waals surface area (Å²) in [4.78, 5) is 0. The van der Waals surface area contributed by atoms with Gasteiger partial charge in [0.05, 0.1) is 13.2 Å². The predicted molar refractivity (Wildman–Crippen MR) is 79.5 cm³/mol. The second kappa shape index (κ2) is 5.22. The molecule has 1 unspecified atom stereocenters. The fourth-order valence-corrected chi connectivity index (χ4v) is 2.88. The van der Waals surface area contributed by atoms with E-state index in [2.05, 4.69) is 24.3 Å². The molecule has 0 spiro atoms. The molecule has 0 saturated carbocycles. The Labute approximate surface area is 118 Å². The van der Waals surface area contributed by atoms with Gasteiger partial charge in [-0.1, -0.05) is 36.4 Å². The van der Waals surface area contributed by atoms with Crippen molar-refractivity contribution in [3.8, 4) is 11.8 Å². The van der Waals surface area contributed by atoms with Crippen LogP contribution in [-0.2, 0) is 6.42 Å². The number of fused-ring (bicyclic) bond motifs is 1. The van der Waals surface area contributed by atoms with E-state index in [1.54, 1.807) is 13.2 Å². The van der Waals surface area contributed by atoms with E-state index in [1.165, 1.54) is 11.1 Å². The number of ether oxygens (including phenoxy) is 1. The quantitative estimate of drug-likeness (QED) is 0.767. The molecule has 0 heterocycles. The fourth-order valence-electron chi connectivity index (χ4n) is 2.88. The molecule has 0 bridgehead atoms. The summed E-state index contributed by atoms with van der Waals surface area (Å²) in [6.45, 7) is 0. The second-order valence-corrected chi connectivity index (χ2v) is 4.92. The zero-order valence-corrected chi connectivity index (χ0v) is 11.3. The number of nitriles is 1. The Morgan fingerprint density at radius 1 is 1.20 bits per heavy atom. The summed E-state index contributed by atoms with van der Waals surface area (Å²) in [7, 11) is 1.67. The molecule has 98 valence electrons. The van der Waals surface area contributed by atoms with Crippen LogP contribution in [0, 0.1) is 11.3 Å². The molecule has 0 saturated heterocycles. The first-order chi connectivity index (χ1) is 9.83. The van der Waals surface area contributed by atoms with Gasteiger partial charge in [-0.05, 0) is 40.8 Å². The molecule has 0 fully saturated rings. The van der Waals surface area contributed by atoms with Crippen LogP contribution in [0.2, 0.25) is 0 Å². The minimum atomic E-state index is 0.262. The Morgan fingerprint density at radius 3 is 2.70 bits per heavy atom. The summed E-state index contributed by atoms with van der Waals surface area (Å²) in [5.74, 6) is 1.10. The van der Waals surface area contributed by atoms with Gasteiger partial charge >= 0.3 is 0 Å². The molecule has 0 amide bonds. The molecule has 1 aliphatic rings. The Morgan fingerprint density at radius 2 is 2.00 bits per heavy atom. The molecule has 0 aromatic heterocycles. The number of hydrogen-bond donors (Lipinski definition) is 0. The molecular formula is C18H15NO. The van der Waals surface area contributed by atoms with Gasteiger partial charge in [0, 0.05) is 12.0 Å². The second-order valence-electron chi connectivity index (χ2n) is 4.92. The van der Waals surface area contributed by atoms with Crippen LogP contribution in [-0.4, -0.2) is 7.11 Å². The van der Waals surface area contributed by atoms with Crippen molar-refractivity contribution in [1.82, 2.24) is 0 Å². The molecule has 1 aliphatic carbocycles. The van der Waals surface area contributed by atoms with Crippen LogP contribution in [0.1, 0.15) is 22.6 Å². The van der Waals surface area contributed by atoms with E-state index in [0.717, 1.165) is 23.3 Å². The smallest absolute Gasteiger partial charge is 0.119 e. The molecule has 2 aromatic rings. The molecule has 3 rings (SSSR count). The van der Waals surface area contributed by atoms with Gasteiger partial charge in [0.1, 0.15) is 5.75 Å². The van der Waals surface area contributed by atoms with Crippen molar-refractivity contribution >= 4 is 5.57 Å². The lowest BCUT2D eigenvalue weighted by atomic mass is 9.92. The van der Waals surface area contributed by atoms with Crippen LogP contribution in [0.15, 0.2) is 54.6 Å². The average molecular weight is 261 g/mol. The van der Waals surface area contributed by atoms with Crippen molar-refractivity contribution in [3.63, 3.8) is 0 Å². The van der Waals surface area contributed by atoms with E-state index in [4.69, 9.17) is 10.00 Å². The minimum absolute atomic E-state index is 0.262. The van der Waals surface area contributed by atoms with Crippen molar-refractivity contribution in [3.05, 3.63) is 71.3 Å². The first-order valence-corrected chi connectivity index (χ1v) is 6.65. The molecule has 0 N–H and O–H groups in total. The number of benzene rings is 2. The van der Waals surface area contributed by atoms with Crippen molar-refractivity contribution in [2.45, 2.75) is 12.3 Å². The summed E-state index contributed by atoms with van der Waals surface area (Å²) in [5.41, 5.74) is 4.76. The average Bonchev–Trinajstić information content (AvgIpc) is 2.86. The van der Waals surface area contributed by atoms with Crippen LogP contribution < -0.4 is 4.74 Å². The molecule has 0 aliphatic heterocycles. The van der Waals surface area contributed by atoms with Gasteiger partial charge in [-0.2, -0.15) is 5.26 Å². The zero-order valence-electron chi connectivity index (χ0n) is 11.3. The number of rotatable bonds is 2. The number of methoxy groups -OCH3 is 1. The highest BCUT2D eigenvalue weighted by molar-refractivity contribution is 5.80. The van der Waals surface area contributed by atoms with Gasteiger partial charge in [-0.3, -0.25) is 0 Å². The van der Waals surface area contributed by atoms with E-state index < -0.39 is 0 Å². The Hall–Kier alpha value is -2.53. The highest BCUT2D eigenvalue weighted by Crippen LogP contribution is 2.44. The lowest BCUT2D eigenvalue weighted by Crippen LogP contribution is -1.96. The predicted octanol–water partition coefficient (Wildman–Crippen LogP) is 3.94. The standard InChI is InChI=1S/C18H15NO/c1-20-15-8-7-14-11-17(13-5-3-2-4-6-13)16(9-10-19)18(14)12-15/h2-9,12,17H,11H2,1H3/b16-9+. The highest BCUT2D eigenvalue weighted by Gasteiger charge is 2.28. The first kappa shape index (κ1) is 12.5. The molecule has 0 radical (unpaired) electrons. The van der Waals surface area contributed by atoms with Crippen LogP contribution >= 0.6 is 0 Å².